The number of anilines is 1. The first kappa shape index (κ1) is 15.5. The number of aromatic nitrogens is 3. The summed E-state index contributed by atoms with van der Waals surface area (Å²) < 4.78 is 25.9. The van der Waals surface area contributed by atoms with Gasteiger partial charge in [0.1, 0.15) is 18.1 Å². The molecule has 0 fully saturated rings. The minimum Gasteiger partial charge on any atom is -0.325 e. The molecular weight excluding hydrogens is 300 g/mol. The van der Waals surface area contributed by atoms with E-state index in [2.05, 4.69) is 15.4 Å². The highest BCUT2D eigenvalue weighted by atomic mass is 19.3. The van der Waals surface area contributed by atoms with Crippen LogP contribution in [0.25, 0.3) is 0 Å². The predicted octanol–water partition coefficient (Wildman–Crippen LogP) is 2.15. The van der Waals surface area contributed by atoms with Crippen LogP contribution in [-0.4, -0.2) is 25.6 Å². The third kappa shape index (κ3) is 4.04. The molecule has 0 bridgehead atoms. The normalized spacial score (nSPS) is 10.7. The standard InChI is InChI=1S/C12H11F2N5O3/c13-12(14)10-2-1-8(5-15-10)17-11(20)3-4-18-7-9(6-16-18)19(21)22/h1-2,5-7,12H,3-4H2,(H,17,20). The SMILES string of the molecule is O=C(CCn1cc([N+](=O)[O-])cn1)Nc1ccc(C(F)F)nc1. The van der Waals surface area contributed by atoms with Gasteiger partial charge in [0.05, 0.1) is 16.8 Å². The number of hydrogen-bond donors (Lipinski definition) is 1. The largest absolute Gasteiger partial charge is 0.325 e. The lowest BCUT2D eigenvalue weighted by Crippen LogP contribution is -2.15. The maximum absolute atomic E-state index is 12.3. The molecule has 2 heterocycles. The lowest BCUT2D eigenvalue weighted by molar-refractivity contribution is -0.385. The summed E-state index contributed by atoms with van der Waals surface area (Å²) in [4.78, 5) is 25.1. The maximum Gasteiger partial charge on any atom is 0.306 e. The molecule has 0 atom stereocenters. The lowest BCUT2D eigenvalue weighted by Gasteiger charge is -2.05. The molecule has 116 valence electrons. The number of halogens is 2. The van der Waals surface area contributed by atoms with Gasteiger partial charge in [0.25, 0.3) is 6.43 Å². The Hall–Kier alpha value is -2.91. The molecule has 0 radical (unpaired) electrons. The fourth-order valence-corrected chi connectivity index (χ4v) is 1.62. The number of nitro groups is 1. The summed E-state index contributed by atoms with van der Waals surface area (Å²) in [7, 11) is 0. The van der Waals surface area contributed by atoms with Gasteiger partial charge in [0.15, 0.2) is 0 Å². The van der Waals surface area contributed by atoms with E-state index >= 15 is 0 Å². The average molecular weight is 311 g/mol. The van der Waals surface area contributed by atoms with Gasteiger partial charge in [-0.3, -0.25) is 24.6 Å². The van der Waals surface area contributed by atoms with Gasteiger partial charge < -0.3 is 5.32 Å². The number of nitrogens with zero attached hydrogens (tertiary/aromatic N) is 4. The molecule has 0 aliphatic rings. The van der Waals surface area contributed by atoms with Crippen LogP contribution in [0.2, 0.25) is 0 Å². The lowest BCUT2D eigenvalue weighted by atomic mass is 10.3. The van der Waals surface area contributed by atoms with Gasteiger partial charge in [-0.2, -0.15) is 5.10 Å². The third-order valence-corrected chi connectivity index (χ3v) is 2.69. The van der Waals surface area contributed by atoms with Crippen LogP contribution in [0.15, 0.2) is 30.7 Å². The van der Waals surface area contributed by atoms with Gasteiger partial charge >= 0.3 is 5.69 Å². The fourth-order valence-electron chi connectivity index (χ4n) is 1.62. The summed E-state index contributed by atoms with van der Waals surface area (Å²) in [6.45, 7) is 0.155. The van der Waals surface area contributed by atoms with E-state index in [-0.39, 0.29) is 30.3 Å². The topological polar surface area (TPSA) is 103 Å². The van der Waals surface area contributed by atoms with E-state index in [0.29, 0.717) is 5.69 Å². The smallest absolute Gasteiger partial charge is 0.306 e. The first-order valence-electron chi connectivity index (χ1n) is 6.16. The Kier molecular flexibility index (Phi) is 4.71. The number of rotatable bonds is 6. The van der Waals surface area contributed by atoms with Crippen LogP contribution in [0.5, 0.6) is 0 Å². The van der Waals surface area contributed by atoms with Crippen LogP contribution >= 0.6 is 0 Å². The minimum absolute atomic E-state index is 0.0232. The minimum atomic E-state index is -2.67. The number of hydrogen-bond acceptors (Lipinski definition) is 5. The molecule has 2 aromatic rings. The molecule has 0 aromatic carbocycles. The van der Waals surface area contributed by atoms with Crippen molar-refractivity contribution < 1.29 is 18.5 Å². The Morgan fingerprint density at radius 1 is 1.41 bits per heavy atom. The molecule has 0 spiro atoms. The summed E-state index contributed by atoms with van der Waals surface area (Å²) in [6.07, 6.45) is 0.797. The number of amides is 1. The first-order valence-corrected chi connectivity index (χ1v) is 6.16. The van der Waals surface area contributed by atoms with E-state index < -0.39 is 11.3 Å². The van der Waals surface area contributed by atoms with E-state index in [1.165, 1.54) is 16.9 Å². The Labute approximate surface area is 122 Å². The molecular formula is C12H11F2N5O3. The van der Waals surface area contributed by atoms with Crippen LogP contribution in [0.4, 0.5) is 20.2 Å². The molecule has 0 saturated carbocycles. The summed E-state index contributed by atoms with van der Waals surface area (Å²) in [5.41, 5.74) is -0.241. The molecule has 0 aliphatic carbocycles. The van der Waals surface area contributed by atoms with Gasteiger partial charge in [-0.25, -0.2) is 8.78 Å². The number of aryl methyl sites for hydroxylation is 1. The quantitative estimate of drug-likeness (QED) is 0.650. The number of carbonyl (C=O) groups is 1. The van der Waals surface area contributed by atoms with Crippen molar-refractivity contribution in [2.45, 2.75) is 19.4 Å². The van der Waals surface area contributed by atoms with Gasteiger partial charge in [0.2, 0.25) is 5.91 Å². The molecule has 1 N–H and O–H groups in total. The van der Waals surface area contributed by atoms with E-state index in [9.17, 15) is 23.7 Å². The second-order valence-corrected chi connectivity index (χ2v) is 4.29. The summed E-state index contributed by atoms with van der Waals surface area (Å²) in [5, 5.41) is 16.7. The van der Waals surface area contributed by atoms with Crippen molar-refractivity contribution in [2.24, 2.45) is 0 Å². The monoisotopic (exact) mass is 311 g/mol. The van der Waals surface area contributed by atoms with E-state index in [0.717, 1.165) is 18.5 Å². The van der Waals surface area contributed by atoms with Crippen molar-refractivity contribution in [1.82, 2.24) is 14.8 Å². The summed E-state index contributed by atoms with van der Waals surface area (Å²) >= 11 is 0. The molecule has 0 saturated heterocycles. The Morgan fingerprint density at radius 2 is 2.18 bits per heavy atom. The highest BCUT2D eigenvalue weighted by Crippen LogP contribution is 2.17. The van der Waals surface area contributed by atoms with Crippen molar-refractivity contribution in [2.75, 3.05) is 5.32 Å². The Morgan fingerprint density at radius 3 is 2.73 bits per heavy atom. The third-order valence-electron chi connectivity index (χ3n) is 2.69. The van der Waals surface area contributed by atoms with Crippen LogP contribution in [0.1, 0.15) is 18.5 Å². The number of nitrogens with one attached hydrogen (secondary N) is 1. The molecule has 22 heavy (non-hydrogen) atoms. The average Bonchev–Trinajstić information content (AvgIpc) is 2.95. The number of alkyl halides is 2. The number of carbonyl (C=O) groups excluding carboxylic acids is 1. The Balaban J connectivity index is 1.85. The van der Waals surface area contributed by atoms with Crippen LogP contribution in [0.3, 0.4) is 0 Å². The zero-order valence-corrected chi connectivity index (χ0v) is 11.1. The van der Waals surface area contributed by atoms with E-state index in [1.54, 1.807) is 0 Å². The molecule has 2 rings (SSSR count). The second kappa shape index (κ2) is 6.70. The van der Waals surface area contributed by atoms with Crippen LogP contribution in [-0.2, 0) is 11.3 Å². The molecule has 8 nitrogen and oxygen atoms in total. The fraction of sp³-hybridized carbons (Fsp3) is 0.250. The van der Waals surface area contributed by atoms with Crippen LogP contribution < -0.4 is 5.32 Å². The maximum atomic E-state index is 12.3. The van der Waals surface area contributed by atoms with Crippen molar-refractivity contribution in [3.63, 3.8) is 0 Å². The molecule has 1 amide bonds. The summed E-state index contributed by atoms with van der Waals surface area (Å²) in [6, 6.07) is 2.45. The zero-order chi connectivity index (χ0) is 16.1. The molecule has 2 aromatic heterocycles. The highest BCUT2D eigenvalue weighted by Gasteiger charge is 2.11. The van der Waals surface area contributed by atoms with Gasteiger partial charge in [0, 0.05) is 13.0 Å². The van der Waals surface area contributed by atoms with Crippen LogP contribution in [0, 0.1) is 10.1 Å². The first-order chi connectivity index (χ1) is 10.5. The highest BCUT2D eigenvalue weighted by molar-refractivity contribution is 5.90. The Bertz CT molecular complexity index is 672. The molecule has 10 heteroatoms. The van der Waals surface area contributed by atoms with E-state index in [1.807, 2.05) is 0 Å². The zero-order valence-electron chi connectivity index (χ0n) is 11.1. The second-order valence-electron chi connectivity index (χ2n) is 4.29. The summed E-state index contributed by atoms with van der Waals surface area (Å²) in [5.74, 6) is -0.384. The van der Waals surface area contributed by atoms with E-state index in [4.69, 9.17) is 0 Å². The van der Waals surface area contributed by atoms with Crippen molar-refractivity contribution >= 4 is 17.3 Å². The van der Waals surface area contributed by atoms with Gasteiger partial charge in [-0.05, 0) is 12.1 Å². The number of pyridine rings is 1. The van der Waals surface area contributed by atoms with Crippen molar-refractivity contribution in [1.29, 1.82) is 0 Å². The molecule has 0 unspecified atom stereocenters. The molecule has 0 aliphatic heterocycles. The van der Waals surface area contributed by atoms with Gasteiger partial charge in [-0.1, -0.05) is 0 Å². The predicted molar refractivity (Wildman–Crippen MR) is 71.3 cm³/mol. The van der Waals surface area contributed by atoms with Crippen molar-refractivity contribution in [3.8, 4) is 0 Å². The van der Waals surface area contributed by atoms with Gasteiger partial charge in [-0.15, -0.1) is 0 Å². The van der Waals surface area contributed by atoms with Crippen molar-refractivity contribution in [3.05, 3.63) is 46.5 Å².